The van der Waals surface area contributed by atoms with Gasteiger partial charge in [-0.15, -0.1) is 6.58 Å². The normalized spacial score (nSPS) is 26.6. The Kier molecular flexibility index (Phi) is 7.05. The van der Waals surface area contributed by atoms with Crippen molar-refractivity contribution >= 4 is 22.0 Å². The number of hydroxylamine groups is 2. The molecule has 1 aromatic carbocycles. The molecule has 2 aliphatic heterocycles. The molecule has 2 aliphatic rings. The lowest BCUT2D eigenvalue weighted by Gasteiger charge is -2.55. The number of benzene rings is 1. The monoisotopic (exact) mass is 496 g/mol. The predicted molar refractivity (Wildman–Crippen MR) is 122 cm³/mol. The summed E-state index contributed by atoms with van der Waals surface area (Å²) in [6.45, 7) is 11.8. The number of amides is 1. The maximum atomic E-state index is 11.7. The van der Waals surface area contributed by atoms with Crippen LogP contribution in [0, 0.1) is 5.41 Å². The highest BCUT2D eigenvalue weighted by atomic mass is 79.9. The van der Waals surface area contributed by atoms with Gasteiger partial charge in [0.25, 0.3) is 0 Å². The van der Waals surface area contributed by atoms with E-state index in [1.807, 2.05) is 18.2 Å². The Morgan fingerprint density at radius 3 is 2.81 bits per heavy atom. The van der Waals surface area contributed by atoms with Gasteiger partial charge in [0, 0.05) is 36.7 Å². The van der Waals surface area contributed by atoms with Crippen LogP contribution >= 0.6 is 15.9 Å². The third kappa shape index (κ3) is 4.92. The predicted octanol–water partition coefficient (Wildman–Crippen LogP) is 4.71. The molecular formula is C23H33BrN2O5. The molecule has 3 atom stereocenters. The number of hydrogen-bond acceptors (Lipinski definition) is 5. The van der Waals surface area contributed by atoms with Crippen molar-refractivity contribution in [3.05, 3.63) is 40.9 Å². The van der Waals surface area contributed by atoms with Crippen LogP contribution in [-0.4, -0.2) is 54.8 Å². The zero-order valence-corrected chi connectivity index (χ0v) is 20.3. The Bertz CT molecular complexity index is 819. The second-order valence-corrected chi connectivity index (χ2v) is 10.4. The summed E-state index contributed by atoms with van der Waals surface area (Å²) in [6.07, 6.45) is 2.46. The van der Waals surface area contributed by atoms with Gasteiger partial charge < -0.3 is 19.9 Å². The van der Waals surface area contributed by atoms with Crippen molar-refractivity contribution in [3.8, 4) is 5.75 Å². The van der Waals surface area contributed by atoms with Crippen molar-refractivity contribution < 1.29 is 24.2 Å². The number of ether oxygens (including phenoxy) is 2. The molecule has 172 valence electrons. The molecule has 0 bridgehead atoms. The molecule has 0 radical (unpaired) electrons. The first-order valence-corrected chi connectivity index (χ1v) is 11.4. The Hall–Kier alpha value is -1.61. The standard InChI is InChI=1S/C23H33BrN2O5/c1-6-11-25-23(19(21(2,3)4)31-26(5)20(27)28)14-22(10-7-12-29-15-22)30-18-9-8-16(24)13-17(18)23/h6,8-9,13,19,25H,1,7,10-12,14-15H2,2-5H3,(H,27,28). The zero-order valence-electron chi connectivity index (χ0n) is 18.7. The van der Waals surface area contributed by atoms with Crippen LogP contribution in [0.3, 0.4) is 0 Å². The van der Waals surface area contributed by atoms with E-state index in [-0.39, 0.29) is 0 Å². The molecule has 0 saturated carbocycles. The summed E-state index contributed by atoms with van der Waals surface area (Å²) in [5.41, 5.74) is -0.750. The van der Waals surface area contributed by atoms with Gasteiger partial charge in [0.15, 0.2) is 0 Å². The molecule has 1 aromatic rings. The largest absolute Gasteiger partial charge is 0.484 e. The number of carbonyl (C=O) groups is 1. The molecule has 1 saturated heterocycles. The average Bonchev–Trinajstić information content (AvgIpc) is 2.70. The summed E-state index contributed by atoms with van der Waals surface area (Å²) in [4.78, 5) is 17.8. The third-order valence-electron chi connectivity index (χ3n) is 5.96. The minimum Gasteiger partial charge on any atom is -0.484 e. The van der Waals surface area contributed by atoms with Crippen molar-refractivity contribution in [1.82, 2.24) is 10.4 Å². The van der Waals surface area contributed by atoms with Crippen LogP contribution in [0.15, 0.2) is 35.3 Å². The SMILES string of the molecule is C=CCNC1(C(ON(C)C(=O)O)C(C)(C)C)CC2(CCCOC2)Oc2ccc(Br)cc21. The van der Waals surface area contributed by atoms with E-state index in [4.69, 9.17) is 14.3 Å². The fraction of sp³-hybridized carbons (Fsp3) is 0.609. The summed E-state index contributed by atoms with van der Waals surface area (Å²) in [7, 11) is 1.42. The minimum absolute atomic E-state index is 0.411. The second-order valence-electron chi connectivity index (χ2n) is 9.53. The Morgan fingerprint density at radius 1 is 1.48 bits per heavy atom. The highest BCUT2D eigenvalue weighted by molar-refractivity contribution is 9.10. The Balaban J connectivity index is 2.23. The van der Waals surface area contributed by atoms with Gasteiger partial charge in [-0.1, -0.05) is 42.8 Å². The zero-order chi connectivity index (χ0) is 22.9. The van der Waals surface area contributed by atoms with Gasteiger partial charge in [-0.25, -0.2) is 4.79 Å². The van der Waals surface area contributed by atoms with E-state index in [9.17, 15) is 9.90 Å². The van der Waals surface area contributed by atoms with Gasteiger partial charge in [-0.05, 0) is 36.5 Å². The van der Waals surface area contributed by atoms with Crippen molar-refractivity contribution in [2.75, 3.05) is 26.8 Å². The van der Waals surface area contributed by atoms with Crippen molar-refractivity contribution in [1.29, 1.82) is 0 Å². The quantitative estimate of drug-likeness (QED) is 0.438. The summed E-state index contributed by atoms with van der Waals surface area (Å²) in [5.74, 6) is 0.757. The molecule has 1 fully saturated rings. The number of hydrogen-bond donors (Lipinski definition) is 2. The van der Waals surface area contributed by atoms with E-state index >= 15 is 0 Å². The van der Waals surface area contributed by atoms with E-state index < -0.39 is 28.8 Å². The van der Waals surface area contributed by atoms with E-state index in [1.165, 1.54) is 7.05 Å². The van der Waals surface area contributed by atoms with Gasteiger partial charge >= 0.3 is 6.09 Å². The first-order chi connectivity index (χ1) is 14.5. The summed E-state index contributed by atoms with van der Waals surface area (Å²) >= 11 is 3.60. The lowest BCUT2D eigenvalue weighted by atomic mass is 9.65. The number of nitrogens with zero attached hydrogens (tertiary/aromatic N) is 1. The first kappa shape index (κ1) is 24.0. The molecule has 3 rings (SSSR count). The Morgan fingerprint density at radius 2 is 2.23 bits per heavy atom. The van der Waals surface area contributed by atoms with Crippen LogP contribution in [0.2, 0.25) is 0 Å². The number of rotatable bonds is 6. The number of fused-ring (bicyclic) bond motifs is 1. The molecule has 3 unspecified atom stereocenters. The lowest BCUT2D eigenvalue weighted by Crippen LogP contribution is -2.66. The third-order valence-corrected chi connectivity index (χ3v) is 6.46. The van der Waals surface area contributed by atoms with Gasteiger partial charge in [-0.2, -0.15) is 5.06 Å². The highest BCUT2D eigenvalue weighted by Crippen LogP contribution is 2.52. The molecular weight excluding hydrogens is 464 g/mol. The first-order valence-electron chi connectivity index (χ1n) is 10.6. The minimum atomic E-state index is -1.15. The fourth-order valence-electron chi connectivity index (χ4n) is 4.79. The van der Waals surface area contributed by atoms with E-state index in [1.54, 1.807) is 6.08 Å². The van der Waals surface area contributed by atoms with Crippen molar-refractivity contribution in [2.45, 2.75) is 57.3 Å². The van der Waals surface area contributed by atoms with Crippen LogP contribution in [0.1, 0.15) is 45.6 Å². The van der Waals surface area contributed by atoms with Crippen molar-refractivity contribution in [3.63, 3.8) is 0 Å². The number of nitrogens with one attached hydrogen (secondary N) is 1. The van der Waals surface area contributed by atoms with E-state index in [2.05, 4.69) is 48.6 Å². The second kappa shape index (κ2) is 9.10. The van der Waals surface area contributed by atoms with Crippen LogP contribution in [-0.2, 0) is 15.1 Å². The summed E-state index contributed by atoms with van der Waals surface area (Å²) in [5, 5.41) is 14.1. The summed E-state index contributed by atoms with van der Waals surface area (Å²) in [6, 6.07) is 5.95. The molecule has 2 heterocycles. The van der Waals surface area contributed by atoms with Gasteiger partial charge in [-0.3, -0.25) is 4.84 Å². The molecule has 0 aliphatic carbocycles. The number of halogens is 1. The molecule has 7 nitrogen and oxygen atoms in total. The maximum absolute atomic E-state index is 11.7. The lowest BCUT2D eigenvalue weighted by molar-refractivity contribution is -0.229. The fourth-order valence-corrected chi connectivity index (χ4v) is 5.15. The number of carboxylic acid groups (broad SMARTS) is 1. The molecule has 0 aromatic heterocycles. The van der Waals surface area contributed by atoms with Gasteiger partial charge in [0.1, 0.15) is 17.5 Å². The van der Waals surface area contributed by atoms with Gasteiger partial charge in [0.2, 0.25) is 0 Å². The highest BCUT2D eigenvalue weighted by Gasteiger charge is 2.57. The average molecular weight is 497 g/mol. The van der Waals surface area contributed by atoms with Crippen LogP contribution in [0.5, 0.6) is 5.75 Å². The molecule has 31 heavy (non-hydrogen) atoms. The Labute approximate surface area is 192 Å². The van der Waals surface area contributed by atoms with Crippen LogP contribution in [0.25, 0.3) is 0 Å². The van der Waals surface area contributed by atoms with Crippen molar-refractivity contribution in [2.24, 2.45) is 5.41 Å². The molecule has 1 spiro atoms. The van der Waals surface area contributed by atoms with E-state index in [0.717, 1.165) is 33.7 Å². The maximum Gasteiger partial charge on any atom is 0.431 e. The molecule has 8 heteroatoms. The summed E-state index contributed by atoms with van der Waals surface area (Å²) < 4.78 is 13.3. The molecule has 2 N–H and O–H groups in total. The topological polar surface area (TPSA) is 80.3 Å². The van der Waals surface area contributed by atoms with Crippen LogP contribution < -0.4 is 10.1 Å². The smallest absolute Gasteiger partial charge is 0.431 e. The van der Waals surface area contributed by atoms with Gasteiger partial charge in [0.05, 0.1) is 12.1 Å². The molecule has 1 amide bonds. The van der Waals surface area contributed by atoms with Crippen LogP contribution in [0.4, 0.5) is 4.79 Å². The van der Waals surface area contributed by atoms with E-state index in [0.29, 0.717) is 26.2 Å².